The van der Waals surface area contributed by atoms with Crippen molar-refractivity contribution < 1.29 is 13.2 Å². The summed E-state index contributed by atoms with van der Waals surface area (Å²) in [4.78, 5) is 7.19. The van der Waals surface area contributed by atoms with Gasteiger partial charge in [-0.2, -0.15) is 11.3 Å². The van der Waals surface area contributed by atoms with Crippen molar-refractivity contribution in [1.29, 1.82) is 0 Å². The third-order valence-corrected chi connectivity index (χ3v) is 8.82. The molecule has 0 amide bonds. The average Bonchev–Trinajstić information content (AvgIpc) is 3.21. The number of thiophene rings is 1. The number of likely N-dealkylation sites (tertiary alicyclic amines) is 1. The van der Waals surface area contributed by atoms with Crippen molar-refractivity contribution in [3.63, 3.8) is 0 Å². The number of piperidine rings is 1. The summed E-state index contributed by atoms with van der Waals surface area (Å²) in [5, 5.41) is 11.2. The van der Waals surface area contributed by atoms with Crippen LogP contribution in [-0.4, -0.2) is 75.7 Å². The van der Waals surface area contributed by atoms with Crippen LogP contribution in [-0.2, 0) is 21.1 Å². The van der Waals surface area contributed by atoms with Gasteiger partial charge in [-0.1, -0.05) is 0 Å². The van der Waals surface area contributed by atoms with E-state index in [4.69, 9.17) is 9.73 Å². The standard InChI is InChI=1S/C20H34N4O3S2/c1-3-21-19(22-16-20(29(2,25)26)7-11-27-12-8-20)23-18-4-9-24(10-5-18)14-17-6-13-28-15-17/h6,13,15,18H,3-5,7-12,14,16H2,1-2H3,(H2,21,22,23). The fourth-order valence-electron chi connectivity index (χ4n) is 4.00. The molecule has 164 valence electrons. The Bertz CT molecular complexity index is 751. The van der Waals surface area contributed by atoms with E-state index in [1.165, 1.54) is 11.8 Å². The van der Waals surface area contributed by atoms with Crippen LogP contribution in [0.25, 0.3) is 0 Å². The van der Waals surface area contributed by atoms with Gasteiger partial charge in [-0.05, 0) is 55.0 Å². The summed E-state index contributed by atoms with van der Waals surface area (Å²) in [5.41, 5.74) is 1.39. The largest absolute Gasteiger partial charge is 0.381 e. The van der Waals surface area contributed by atoms with E-state index in [-0.39, 0.29) is 6.54 Å². The highest BCUT2D eigenvalue weighted by Crippen LogP contribution is 2.29. The molecule has 1 aromatic heterocycles. The highest BCUT2D eigenvalue weighted by Gasteiger charge is 2.42. The molecule has 1 aromatic rings. The predicted molar refractivity (Wildman–Crippen MR) is 119 cm³/mol. The molecule has 2 saturated heterocycles. The van der Waals surface area contributed by atoms with Crippen LogP contribution < -0.4 is 10.6 Å². The zero-order chi connectivity index (χ0) is 20.7. The molecule has 2 N–H and O–H groups in total. The molecule has 0 unspecified atom stereocenters. The first-order valence-corrected chi connectivity index (χ1v) is 13.3. The molecule has 29 heavy (non-hydrogen) atoms. The van der Waals surface area contributed by atoms with Gasteiger partial charge in [0.25, 0.3) is 0 Å². The average molecular weight is 443 g/mol. The van der Waals surface area contributed by atoms with Crippen LogP contribution in [0.5, 0.6) is 0 Å². The molecule has 9 heteroatoms. The molecular formula is C20H34N4O3S2. The number of hydrogen-bond donors (Lipinski definition) is 2. The number of aliphatic imine (C=N–C) groups is 1. The van der Waals surface area contributed by atoms with Crippen molar-refractivity contribution in [2.45, 2.75) is 49.9 Å². The molecule has 0 saturated carbocycles. The van der Waals surface area contributed by atoms with Crippen molar-refractivity contribution in [2.75, 3.05) is 45.6 Å². The Labute approximate surface area is 178 Å². The molecule has 3 rings (SSSR count). The van der Waals surface area contributed by atoms with Gasteiger partial charge in [0.1, 0.15) is 0 Å². The van der Waals surface area contributed by atoms with Gasteiger partial charge in [0.15, 0.2) is 15.8 Å². The molecule has 0 aliphatic carbocycles. The zero-order valence-corrected chi connectivity index (χ0v) is 19.2. The minimum atomic E-state index is -3.21. The number of hydrogen-bond acceptors (Lipinski definition) is 6. The first-order chi connectivity index (χ1) is 13.9. The molecule has 2 aliphatic heterocycles. The second-order valence-electron chi connectivity index (χ2n) is 8.09. The van der Waals surface area contributed by atoms with Crippen molar-refractivity contribution >= 4 is 27.1 Å². The van der Waals surface area contributed by atoms with Gasteiger partial charge in [-0.15, -0.1) is 0 Å². The lowest BCUT2D eigenvalue weighted by Crippen LogP contribution is -2.50. The van der Waals surface area contributed by atoms with Crippen LogP contribution in [0.3, 0.4) is 0 Å². The Morgan fingerprint density at radius 2 is 2.07 bits per heavy atom. The molecule has 2 fully saturated rings. The number of sulfone groups is 1. The van der Waals surface area contributed by atoms with Crippen LogP contribution in [0.4, 0.5) is 0 Å². The highest BCUT2D eigenvalue weighted by atomic mass is 32.2. The lowest BCUT2D eigenvalue weighted by Gasteiger charge is -2.35. The third kappa shape index (κ3) is 6.16. The Morgan fingerprint density at radius 1 is 1.34 bits per heavy atom. The summed E-state index contributed by atoms with van der Waals surface area (Å²) in [6.45, 7) is 7.14. The first kappa shape index (κ1) is 22.5. The van der Waals surface area contributed by atoms with E-state index in [1.807, 2.05) is 6.92 Å². The zero-order valence-electron chi connectivity index (χ0n) is 17.5. The molecule has 0 spiro atoms. The van der Waals surface area contributed by atoms with Crippen molar-refractivity contribution in [3.8, 4) is 0 Å². The molecular weight excluding hydrogens is 408 g/mol. The number of guanidine groups is 1. The van der Waals surface area contributed by atoms with Crippen LogP contribution in [0.2, 0.25) is 0 Å². The molecule has 0 bridgehead atoms. The highest BCUT2D eigenvalue weighted by molar-refractivity contribution is 7.92. The van der Waals surface area contributed by atoms with E-state index >= 15 is 0 Å². The molecule has 0 radical (unpaired) electrons. The molecule has 7 nitrogen and oxygen atoms in total. The summed E-state index contributed by atoms with van der Waals surface area (Å²) >= 11 is 1.75. The maximum atomic E-state index is 12.5. The van der Waals surface area contributed by atoms with E-state index in [1.54, 1.807) is 11.3 Å². The van der Waals surface area contributed by atoms with Crippen LogP contribution in [0, 0.1) is 0 Å². The van der Waals surface area contributed by atoms with Crippen LogP contribution >= 0.6 is 11.3 Å². The summed E-state index contributed by atoms with van der Waals surface area (Å²) in [7, 11) is -3.21. The summed E-state index contributed by atoms with van der Waals surface area (Å²) in [5.74, 6) is 0.721. The minimum absolute atomic E-state index is 0.279. The molecule has 2 aliphatic rings. The van der Waals surface area contributed by atoms with Gasteiger partial charge < -0.3 is 15.4 Å². The molecule has 0 atom stereocenters. The number of nitrogens with zero attached hydrogens (tertiary/aromatic N) is 2. The van der Waals surface area contributed by atoms with Crippen molar-refractivity contribution in [1.82, 2.24) is 15.5 Å². The normalized spacial score (nSPS) is 21.8. The molecule has 0 aromatic carbocycles. The van der Waals surface area contributed by atoms with E-state index < -0.39 is 14.6 Å². The summed E-state index contributed by atoms with van der Waals surface area (Å²) in [6, 6.07) is 2.55. The minimum Gasteiger partial charge on any atom is -0.381 e. The second-order valence-corrected chi connectivity index (χ2v) is 11.3. The third-order valence-electron chi connectivity index (χ3n) is 5.97. The number of nitrogens with one attached hydrogen (secondary N) is 2. The lowest BCUT2D eigenvalue weighted by molar-refractivity contribution is 0.0768. The van der Waals surface area contributed by atoms with E-state index in [9.17, 15) is 8.42 Å². The Balaban J connectivity index is 1.57. The Kier molecular flexibility index (Phi) is 7.95. The van der Waals surface area contributed by atoms with Crippen molar-refractivity contribution in [2.24, 2.45) is 4.99 Å². The van der Waals surface area contributed by atoms with Gasteiger partial charge in [-0.3, -0.25) is 9.89 Å². The van der Waals surface area contributed by atoms with Gasteiger partial charge >= 0.3 is 0 Å². The van der Waals surface area contributed by atoms with Gasteiger partial charge in [0, 0.05) is 51.7 Å². The quantitative estimate of drug-likeness (QED) is 0.495. The van der Waals surface area contributed by atoms with Gasteiger partial charge in [-0.25, -0.2) is 8.42 Å². The van der Waals surface area contributed by atoms with E-state index in [0.29, 0.717) is 32.1 Å². The van der Waals surface area contributed by atoms with Crippen molar-refractivity contribution in [3.05, 3.63) is 22.4 Å². The van der Waals surface area contributed by atoms with Gasteiger partial charge in [0.2, 0.25) is 0 Å². The Hall–Kier alpha value is -1.16. The monoisotopic (exact) mass is 442 g/mol. The lowest BCUT2D eigenvalue weighted by atomic mass is 9.99. The topological polar surface area (TPSA) is 83.0 Å². The Morgan fingerprint density at radius 3 is 2.66 bits per heavy atom. The number of rotatable bonds is 7. The number of ether oxygens (including phenoxy) is 1. The fourth-order valence-corrected chi connectivity index (χ4v) is 5.87. The maximum absolute atomic E-state index is 12.5. The summed E-state index contributed by atoms with van der Waals surface area (Å²) in [6.07, 6.45) is 4.46. The predicted octanol–water partition coefficient (Wildman–Crippen LogP) is 1.86. The van der Waals surface area contributed by atoms with E-state index in [0.717, 1.165) is 45.0 Å². The smallest absolute Gasteiger partial charge is 0.191 e. The maximum Gasteiger partial charge on any atom is 0.191 e. The second kappa shape index (κ2) is 10.2. The van der Waals surface area contributed by atoms with E-state index in [2.05, 4.69) is 32.4 Å². The summed E-state index contributed by atoms with van der Waals surface area (Å²) < 4.78 is 29.5. The fraction of sp³-hybridized carbons (Fsp3) is 0.750. The van der Waals surface area contributed by atoms with Crippen LogP contribution in [0.1, 0.15) is 38.2 Å². The van der Waals surface area contributed by atoms with Crippen LogP contribution in [0.15, 0.2) is 21.8 Å². The van der Waals surface area contributed by atoms with Gasteiger partial charge in [0.05, 0.1) is 11.3 Å². The molecule has 3 heterocycles. The first-order valence-electron chi connectivity index (χ1n) is 10.5. The SMILES string of the molecule is CCNC(=NCC1(S(C)(=O)=O)CCOCC1)NC1CCN(Cc2ccsc2)CC1.